The van der Waals surface area contributed by atoms with E-state index in [9.17, 15) is 0 Å². The maximum Gasteiger partial charge on any atom is 0.128 e. The van der Waals surface area contributed by atoms with Crippen LogP contribution < -0.4 is 10.2 Å². The van der Waals surface area contributed by atoms with Gasteiger partial charge in [-0.3, -0.25) is 4.90 Å². The Morgan fingerprint density at radius 1 is 1.12 bits per heavy atom. The van der Waals surface area contributed by atoms with E-state index in [-0.39, 0.29) is 30.4 Å². The Morgan fingerprint density at radius 3 is 2.54 bits per heavy atom. The lowest BCUT2D eigenvalue weighted by Crippen LogP contribution is -2.56. The Hall–Kier alpha value is -0.590. The number of piperazine rings is 1. The first-order chi connectivity index (χ1) is 11.7. The minimum Gasteiger partial charge on any atom is -0.375 e. The number of rotatable bonds is 2. The van der Waals surface area contributed by atoms with Crippen molar-refractivity contribution in [2.24, 2.45) is 0 Å². The second-order valence-electron chi connectivity index (χ2n) is 7.59. The number of nitrogens with one attached hydrogen (secondary N) is 1. The highest BCUT2D eigenvalue weighted by molar-refractivity contribution is 5.85. The molecule has 3 aliphatic heterocycles. The second-order valence-corrected chi connectivity index (χ2v) is 7.59. The minimum atomic E-state index is 0. The van der Waals surface area contributed by atoms with E-state index in [1.165, 1.54) is 25.7 Å². The first kappa shape index (κ1) is 21.7. The predicted molar refractivity (Wildman–Crippen MR) is 111 cm³/mol. The smallest absolute Gasteiger partial charge is 0.128 e. The summed E-state index contributed by atoms with van der Waals surface area (Å²) in [5.74, 6) is 1.14. The van der Waals surface area contributed by atoms with Crippen molar-refractivity contribution in [2.45, 2.75) is 44.2 Å². The Bertz CT molecular complexity index is 555. The summed E-state index contributed by atoms with van der Waals surface area (Å²) in [6.07, 6.45) is 4.77. The topological polar surface area (TPSA) is 40.6 Å². The molecule has 4 rings (SSSR count). The molecule has 4 heterocycles. The summed E-state index contributed by atoms with van der Waals surface area (Å²) >= 11 is 0. The highest BCUT2D eigenvalue weighted by Gasteiger charge is 2.40. The van der Waals surface area contributed by atoms with Gasteiger partial charge in [-0.05, 0) is 57.8 Å². The van der Waals surface area contributed by atoms with Crippen molar-refractivity contribution in [3.8, 4) is 0 Å². The van der Waals surface area contributed by atoms with Gasteiger partial charge in [0.05, 0.1) is 5.60 Å². The summed E-state index contributed by atoms with van der Waals surface area (Å²) in [5, 5.41) is 3.47. The van der Waals surface area contributed by atoms with Gasteiger partial charge in [0.2, 0.25) is 0 Å². The number of piperidine rings is 1. The first-order valence-electron chi connectivity index (χ1n) is 9.52. The monoisotopic (exact) mass is 402 g/mol. The highest BCUT2D eigenvalue weighted by atomic mass is 35.5. The van der Waals surface area contributed by atoms with Crippen molar-refractivity contribution < 1.29 is 4.74 Å². The molecule has 1 unspecified atom stereocenters. The van der Waals surface area contributed by atoms with Crippen molar-refractivity contribution in [2.75, 3.05) is 50.8 Å². The van der Waals surface area contributed by atoms with E-state index >= 15 is 0 Å². The zero-order chi connectivity index (χ0) is 16.4. The van der Waals surface area contributed by atoms with E-state index in [0.29, 0.717) is 6.04 Å². The van der Waals surface area contributed by atoms with E-state index in [4.69, 9.17) is 4.74 Å². The first-order valence-corrected chi connectivity index (χ1v) is 9.52. The summed E-state index contributed by atoms with van der Waals surface area (Å²) in [7, 11) is 0. The van der Waals surface area contributed by atoms with Crippen LogP contribution in [0.3, 0.4) is 0 Å². The summed E-state index contributed by atoms with van der Waals surface area (Å²) in [6.45, 7) is 9.69. The summed E-state index contributed by atoms with van der Waals surface area (Å²) in [6, 6.07) is 7.02. The zero-order valence-electron chi connectivity index (χ0n) is 15.7. The standard InChI is InChI=1S/C19H30N4O.2ClH/c1-16-3-2-4-18(21-16)23-12-10-22(11-13-23)17-5-14-24-19(15-17)6-8-20-9-7-19;;/h2-4,17,20H,5-15H2,1H3;2*1H. The molecule has 0 bridgehead atoms. The van der Waals surface area contributed by atoms with Gasteiger partial charge in [0.15, 0.2) is 0 Å². The average molecular weight is 403 g/mol. The zero-order valence-corrected chi connectivity index (χ0v) is 17.3. The van der Waals surface area contributed by atoms with Crippen molar-refractivity contribution in [3.63, 3.8) is 0 Å². The van der Waals surface area contributed by atoms with Gasteiger partial charge in [-0.1, -0.05) is 6.07 Å². The summed E-state index contributed by atoms with van der Waals surface area (Å²) in [5.41, 5.74) is 1.26. The van der Waals surface area contributed by atoms with Crippen LogP contribution in [0.4, 0.5) is 5.82 Å². The molecule has 1 spiro atoms. The number of pyridine rings is 1. The molecule has 0 aromatic carbocycles. The molecular formula is C19H32Cl2N4O. The predicted octanol–water partition coefficient (Wildman–Crippen LogP) is 2.66. The quantitative estimate of drug-likeness (QED) is 0.822. The molecule has 148 valence electrons. The van der Waals surface area contributed by atoms with Crippen molar-refractivity contribution in [1.82, 2.24) is 15.2 Å². The fraction of sp³-hybridized carbons (Fsp3) is 0.737. The number of aryl methyl sites for hydroxylation is 1. The lowest BCUT2D eigenvalue weighted by molar-refractivity contribution is -0.121. The Balaban J connectivity index is 0.00000121. The molecule has 0 aliphatic carbocycles. The third kappa shape index (κ3) is 4.82. The molecule has 0 amide bonds. The summed E-state index contributed by atoms with van der Waals surface area (Å²) in [4.78, 5) is 9.82. The number of aromatic nitrogens is 1. The SMILES string of the molecule is Cc1cccc(N2CCN(C3CCOC4(CCNCC4)C3)CC2)n1.Cl.Cl. The van der Waals surface area contributed by atoms with E-state index < -0.39 is 0 Å². The molecule has 26 heavy (non-hydrogen) atoms. The lowest BCUT2D eigenvalue weighted by Gasteiger charge is -2.48. The van der Waals surface area contributed by atoms with Gasteiger partial charge in [-0.15, -0.1) is 24.8 Å². The van der Waals surface area contributed by atoms with E-state index in [0.717, 1.165) is 57.4 Å². The molecule has 3 saturated heterocycles. The van der Waals surface area contributed by atoms with Crippen LogP contribution in [0, 0.1) is 6.92 Å². The summed E-state index contributed by atoms with van der Waals surface area (Å²) < 4.78 is 6.24. The molecule has 1 aromatic heterocycles. The molecule has 7 heteroatoms. The van der Waals surface area contributed by atoms with Gasteiger partial charge in [0.25, 0.3) is 0 Å². The Kier molecular flexibility index (Phi) is 7.98. The van der Waals surface area contributed by atoms with Crippen LogP contribution in [0.25, 0.3) is 0 Å². The molecule has 1 aromatic rings. The maximum absolute atomic E-state index is 6.24. The van der Waals surface area contributed by atoms with Gasteiger partial charge in [0.1, 0.15) is 5.82 Å². The molecule has 0 saturated carbocycles. The van der Waals surface area contributed by atoms with Crippen molar-refractivity contribution in [3.05, 3.63) is 23.9 Å². The molecule has 1 N–H and O–H groups in total. The highest BCUT2D eigenvalue weighted by Crippen LogP contribution is 2.35. The fourth-order valence-electron chi connectivity index (χ4n) is 4.57. The normalized spacial score (nSPS) is 26.0. The number of nitrogens with zero attached hydrogens (tertiary/aromatic N) is 3. The fourth-order valence-corrected chi connectivity index (χ4v) is 4.57. The van der Waals surface area contributed by atoms with Crippen molar-refractivity contribution >= 4 is 30.6 Å². The van der Waals surface area contributed by atoms with Crippen molar-refractivity contribution in [1.29, 1.82) is 0 Å². The van der Waals surface area contributed by atoms with Crippen LogP contribution in [0.5, 0.6) is 0 Å². The van der Waals surface area contributed by atoms with Crippen LogP contribution in [0.15, 0.2) is 18.2 Å². The van der Waals surface area contributed by atoms with Gasteiger partial charge in [0, 0.05) is 44.5 Å². The van der Waals surface area contributed by atoms with E-state index in [1.54, 1.807) is 0 Å². The molecule has 3 fully saturated rings. The number of hydrogen-bond acceptors (Lipinski definition) is 5. The largest absolute Gasteiger partial charge is 0.375 e. The van der Waals surface area contributed by atoms with Gasteiger partial charge >= 0.3 is 0 Å². The minimum absolute atomic E-state index is 0. The second kappa shape index (κ2) is 9.56. The lowest BCUT2D eigenvalue weighted by atomic mass is 9.82. The third-order valence-electron chi connectivity index (χ3n) is 6.01. The Labute approximate surface area is 169 Å². The van der Waals surface area contributed by atoms with Crippen LogP contribution >= 0.6 is 24.8 Å². The third-order valence-corrected chi connectivity index (χ3v) is 6.01. The average Bonchev–Trinajstić information content (AvgIpc) is 2.63. The molecule has 3 aliphatic rings. The van der Waals surface area contributed by atoms with Gasteiger partial charge < -0.3 is 15.0 Å². The van der Waals surface area contributed by atoms with Crippen LogP contribution in [0.2, 0.25) is 0 Å². The van der Waals surface area contributed by atoms with Crippen LogP contribution in [-0.2, 0) is 4.74 Å². The number of ether oxygens (including phenoxy) is 1. The molecular weight excluding hydrogens is 371 g/mol. The molecule has 0 radical (unpaired) electrons. The van der Waals surface area contributed by atoms with Gasteiger partial charge in [-0.25, -0.2) is 4.98 Å². The van der Waals surface area contributed by atoms with Gasteiger partial charge in [-0.2, -0.15) is 0 Å². The van der Waals surface area contributed by atoms with E-state index in [2.05, 4.69) is 45.2 Å². The van der Waals surface area contributed by atoms with Crippen LogP contribution in [-0.4, -0.2) is 67.4 Å². The number of hydrogen-bond donors (Lipinski definition) is 1. The number of halogens is 2. The molecule has 5 nitrogen and oxygen atoms in total. The maximum atomic E-state index is 6.24. The Morgan fingerprint density at radius 2 is 1.85 bits per heavy atom. The van der Waals surface area contributed by atoms with E-state index in [1.807, 2.05) is 0 Å². The van der Waals surface area contributed by atoms with Crippen LogP contribution in [0.1, 0.15) is 31.4 Å². The molecule has 1 atom stereocenters. The number of anilines is 1.